The fourth-order valence-corrected chi connectivity index (χ4v) is 5.49. The molecule has 9 heteroatoms. The van der Waals surface area contributed by atoms with Crippen molar-refractivity contribution in [2.24, 2.45) is 0 Å². The van der Waals surface area contributed by atoms with Crippen LogP contribution in [0.5, 0.6) is 0 Å². The Kier molecular flexibility index (Phi) is 10.8. The van der Waals surface area contributed by atoms with Gasteiger partial charge in [0.25, 0.3) is 5.91 Å². The van der Waals surface area contributed by atoms with Gasteiger partial charge in [-0.05, 0) is 61.1 Å². The standard InChI is InChI=1S/C28H35FN2O5S/c1-3-18-36-28(34)24-13-9-23(10-14-24)20-37(35)26-19-31(27(26)33)30(21(2)32)17-7-5-4-6-8-22-11-15-25(29)16-12-22/h9-16,26H,3-8,17-20H2,1-2H3. The van der Waals surface area contributed by atoms with E-state index in [0.29, 0.717) is 18.7 Å². The smallest absolute Gasteiger partial charge is 0.338 e. The second-order valence-corrected chi connectivity index (χ2v) is 10.8. The Morgan fingerprint density at radius 2 is 1.68 bits per heavy atom. The van der Waals surface area contributed by atoms with Gasteiger partial charge < -0.3 is 4.74 Å². The van der Waals surface area contributed by atoms with Crippen molar-refractivity contribution in [3.8, 4) is 0 Å². The Hall–Kier alpha value is -3.07. The van der Waals surface area contributed by atoms with Crippen molar-refractivity contribution in [3.63, 3.8) is 0 Å². The summed E-state index contributed by atoms with van der Waals surface area (Å²) in [6.45, 7) is 4.40. The molecule has 0 bridgehead atoms. The lowest BCUT2D eigenvalue weighted by Gasteiger charge is -2.44. The lowest BCUT2D eigenvalue weighted by Crippen LogP contribution is -2.65. The van der Waals surface area contributed by atoms with Crippen LogP contribution >= 0.6 is 0 Å². The van der Waals surface area contributed by atoms with Gasteiger partial charge in [0.2, 0.25) is 5.91 Å². The van der Waals surface area contributed by atoms with Crippen LogP contribution in [0.25, 0.3) is 0 Å². The monoisotopic (exact) mass is 530 g/mol. The first-order chi connectivity index (χ1) is 17.8. The van der Waals surface area contributed by atoms with Crippen molar-refractivity contribution in [2.75, 3.05) is 19.7 Å². The number of hydrogen-bond acceptors (Lipinski definition) is 5. The van der Waals surface area contributed by atoms with E-state index >= 15 is 0 Å². The summed E-state index contributed by atoms with van der Waals surface area (Å²) in [6.07, 6.45) is 5.22. The number of rotatable bonds is 14. The van der Waals surface area contributed by atoms with Crippen molar-refractivity contribution < 1.29 is 27.7 Å². The predicted molar refractivity (Wildman–Crippen MR) is 140 cm³/mol. The summed E-state index contributed by atoms with van der Waals surface area (Å²) in [6, 6.07) is 13.2. The average Bonchev–Trinajstić information content (AvgIpc) is 2.88. The molecule has 7 nitrogen and oxygen atoms in total. The van der Waals surface area contributed by atoms with E-state index in [9.17, 15) is 23.0 Å². The number of hydrazine groups is 1. The first-order valence-corrected chi connectivity index (χ1v) is 14.2. The van der Waals surface area contributed by atoms with Crippen LogP contribution in [0.2, 0.25) is 0 Å². The van der Waals surface area contributed by atoms with Crippen molar-refractivity contribution in [1.29, 1.82) is 0 Å². The molecule has 3 rings (SSSR count). The Bertz CT molecular complexity index is 1090. The highest BCUT2D eigenvalue weighted by molar-refractivity contribution is 7.85. The quantitative estimate of drug-likeness (QED) is 0.205. The molecule has 1 saturated heterocycles. The summed E-state index contributed by atoms with van der Waals surface area (Å²) in [4.78, 5) is 36.8. The number of nitrogens with zero attached hydrogens (tertiary/aromatic N) is 2. The number of unbranched alkanes of at least 4 members (excludes halogenated alkanes) is 3. The maximum absolute atomic E-state index is 13.0. The third-order valence-electron chi connectivity index (χ3n) is 6.28. The zero-order valence-electron chi connectivity index (χ0n) is 21.5. The summed E-state index contributed by atoms with van der Waals surface area (Å²) >= 11 is 0. The maximum atomic E-state index is 13.0. The first kappa shape index (κ1) is 28.5. The van der Waals surface area contributed by atoms with E-state index in [2.05, 4.69) is 0 Å². The number of aryl methyl sites for hydroxylation is 1. The maximum Gasteiger partial charge on any atom is 0.338 e. The van der Waals surface area contributed by atoms with E-state index in [1.54, 1.807) is 36.4 Å². The molecule has 2 unspecified atom stereocenters. The number of hydrogen-bond donors (Lipinski definition) is 0. The van der Waals surface area contributed by atoms with Gasteiger partial charge in [-0.25, -0.2) is 14.2 Å². The van der Waals surface area contributed by atoms with Crippen LogP contribution in [0.4, 0.5) is 4.39 Å². The molecule has 0 aliphatic carbocycles. The van der Waals surface area contributed by atoms with E-state index in [-0.39, 0.29) is 29.9 Å². The normalized spacial score (nSPS) is 15.7. The van der Waals surface area contributed by atoms with Crippen LogP contribution in [-0.2, 0) is 37.3 Å². The van der Waals surface area contributed by atoms with Crippen molar-refractivity contribution in [2.45, 2.75) is 63.4 Å². The molecule has 0 aromatic heterocycles. The molecule has 1 aliphatic rings. The first-order valence-electron chi connectivity index (χ1n) is 12.8. The molecule has 2 aromatic carbocycles. The largest absolute Gasteiger partial charge is 0.462 e. The molecule has 2 aromatic rings. The Morgan fingerprint density at radius 1 is 1.03 bits per heavy atom. The van der Waals surface area contributed by atoms with Gasteiger partial charge in [-0.2, -0.15) is 0 Å². The van der Waals surface area contributed by atoms with Gasteiger partial charge in [-0.3, -0.25) is 18.8 Å². The summed E-state index contributed by atoms with van der Waals surface area (Å²) in [5.41, 5.74) is 2.30. The molecule has 0 saturated carbocycles. The number of amides is 2. The van der Waals surface area contributed by atoms with Crippen LogP contribution in [0.15, 0.2) is 48.5 Å². The van der Waals surface area contributed by atoms with E-state index in [0.717, 1.165) is 49.7 Å². The zero-order chi connectivity index (χ0) is 26.8. The van der Waals surface area contributed by atoms with Crippen LogP contribution in [0.1, 0.15) is 67.4 Å². The fraction of sp³-hybridized carbons (Fsp3) is 0.464. The second-order valence-electron chi connectivity index (χ2n) is 9.20. The molecule has 2 atom stereocenters. The van der Waals surface area contributed by atoms with E-state index in [4.69, 9.17) is 4.74 Å². The molecule has 0 radical (unpaired) electrons. The minimum absolute atomic E-state index is 0.197. The minimum Gasteiger partial charge on any atom is -0.462 e. The number of benzene rings is 2. The fourth-order valence-electron chi connectivity index (χ4n) is 4.12. The molecule has 0 N–H and O–H groups in total. The van der Waals surface area contributed by atoms with Gasteiger partial charge in [0.1, 0.15) is 11.1 Å². The summed E-state index contributed by atoms with van der Waals surface area (Å²) in [5, 5.41) is 2.20. The number of carbonyl (C=O) groups is 3. The SMILES string of the molecule is CCCOC(=O)c1ccc(CS(=O)C2CN(N(CCCCCCc3ccc(F)cc3)C(C)=O)C2=O)cc1. The Morgan fingerprint density at radius 3 is 2.30 bits per heavy atom. The molecule has 200 valence electrons. The topological polar surface area (TPSA) is 84.0 Å². The minimum atomic E-state index is -1.43. The number of β-lactam (4-membered cyclic amide) rings is 1. The number of halogens is 1. The van der Waals surface area contributed by atoms with Crippen molar-refractivity contribution in [3.05, 3.63) is 71.0 Å². The predicted octanol–water partition coefficient (Wildman–Crippen LogP) is 4.42. The van der Waals surface area contributed by atoms with Crippen molar-refractivity contribution in [1.82, 2.24) is 10.0 Å². The molecule has 2 amide bonds. The van der Waals surface area contributed by atoms with Gasteiger partial charge in [0.15, 0.2) is 0 Å². The highest BCUT2D eigenvalue weighted by Crippen LogP contribution is 2.22. The average molecular weight is 531 g/mol. The molecule has 1 aliphatic heterocycles. The molecule has 1 fully saturated rings. The second kappa shape index (κ2) is 14.0. The van der Waals surface area contributed by atoms with Gasteiger partial charge in [-0.15, -0.1) is 0 Å². The van der Waals surface area contributed by atoms with Gasteiger partial charge in [0.05, 0.1) is 18.7 Å². The molecule has 37 heavy (non-hydrogen) atoms. The van der Waals surface area contributed by atoms with Crippen LogP contribution < -0.4 is 0 Å². The Labute approximate surface area is 220 Å². The van der Waals surface area contributed by atoms with E-state index in [1.165, 1.54) is 29.1 Å². The number of carbonyl (C=O) groups excluding carboxylic acids is 3. The molecular weight excluding hydrogens is 495 g/mol. The molecule has 1 heterocycles. The summed E-state index contributed by atoms with van der Waals surface area (Å²) < 4.78 is 30.9. The van der Waals surface area contributed by atoms with Crippen molar-refractivity contribution >= 4 is 28.6 Å². The molecule has 0 spiro atoms. The lowest BCUT2D eigenvalue weighted by molar-refractivity contribution is -0.173. The zero-order valence-corrected chi connectivity index (χ0v) is 22.3. The van der Waals surface area contributed by atoms with Crippen LogP contribution in [0.3, 0.4) is 0 Å². The van der Waals surface area contributed by atoms with Gasteiger partial charge in [-0.1, -0.05) is 44.0 Å². The Balaban J connectivity index is 1.40. The third-order valence-corrected chi connectivity index (χ3v) is 7.88. The lowest BCUT2D eigenvalue weighted by atomic mass is 10.1. The number of ether oxygens (including phenoxy) is 1. The number of esters is 1. The highest BCUT2D eigenvalue weighted by Gasteiger charge is 2.44. The molecular formula is C28H35FN2O5S. The highest BCUT2D eigenvalue weighted by atomic mass is 32.2. The summed E-state index contributed by atoms with van der Waals surface area (Å²) in [5.74, 6) is -0.946. The third kappa shape index (κ3) is 8.21. The van der Waals surface area contributed by atoms with Gasteiger partial charge in [0, 0.05) is 30.0 Å². The summed E-state index contributed by atoms with van der Waals surface area (Å²) in [7, 11) is -1.43. The van der Waals surface area contributed by atoms with Crippen LogP contribution in [-0.4, -0.2) is 57.0 Å². The van der Waals surface area contributed by atoms with E-state index < -0.39 is 22.0 Å². The van der Waals surface area contributed by atoms with Gasteiger partial charge >= 0.3 is 5.97 Å². The van der Waals surface area contributed by atoms with E-state index in [1.807, 2.05) is 6.92 Å². The van der Waals surface area contributed by atoms with Crippen LogP contribution in [0, 0.1) is 5.82 Å².